The molecule has 0 aliphatic heterocycles. The smallest absolute Gasteiger partial charge is 0.239 e. The lowest BCUT2D eigenvalue weighted by molar-refractivity contribution is -0.147. The topological polar surface area (TPSA) is 75.4 Å². The lowest BCUT2D eigenvalue weighted by Crippen LogP contribution is -2.52. The molecule has 0 atom stereocenters. The highest BCUT2D eigenvalue weighted by Crippen LogP contribution is 2.41. The van der Waals surface area contributed by atoms with Gasteiger partial charge < -0.3 is 16.0 Å². The van der Waals surface area contributed by atoms with Crippen molar-refractivity contribution in [2.75, 3.05) is 26.7 Å². The van der Waals surface area contributed by atoms with Crippen molar-refractivity contribution in [2.45, 2.75) is 32.6 Å². The molecule has 3 N–H and O–H groups in total. The summed E-state index contributed by atoms with van der Waals surface area (Å²) < 4.78 is 0. The lowest BCUT2D eigenvalue weighted by atomic mass is 9.68. The number of hydrogen-bond donors (Lipinski definition) is 2. The largest absolute Gasteiger partial charge is 0.355 e. The molecular weight excluding hydrogens is 218 g/mol. The Kier molecular flexibility index (Phi) is 4.93. The Morgan fingerprint density at radius 3 is 2.47 bits per heavy atom. The number of nitrogens with two attached hydrogens (primary N) is 1. The Morgan fingerprint density at radius 2 is 2.06 bits per heavy atom. The first kappa shape index (κ1) is 14.0. The standard InChI is InChI=1S/C12H23N3O2/c1-3-7-14-10(16)8-15(2)11(17)12(9-13)5-4-6-12/h3-9,13H2,1-2H3,(H,14,16). The van der Waals surface area contributed by atoms with E-state index in [0.29, 0.717) is 13.1 Å². The third-order valence-electron chi connectivity index (χ3n) is 3.45. The average molecular weight is 241 g/mol. The Balaban J connectivity index is 2.44. The Labute approximate surface area is 103 Å². The van der Waals surface area contributed by atoms with Crippen molar-refractivity contribution in [1.82, 2.24) is 10.2 Å². The van der Waals surface area contributed by atoms with Gasteiger partial charge >= 0.3 is 0 Å². The van der Waals surface area contributed by atoms with Gasteiger partial charge in [-0.1, -0.05) is 13.3 Å². The van der Waals surface area contributed by atoms with E-state index in [0.717, 1.165) is 25.7 Å². The summed E-state index contributed by atoms with van der Waals surface area (Å²) >= 11 is 0. The first-order valence-corrected chi connectivity index (χ1v) is 6.28. The maximum atomic E-state index is 12.2. The van der Waals surface area contributed by atoms with Crippen LogP contribution in [-0.2, 0) is 9.59 Å². The molecule has 2 amide bonds. The van der Waals surface area contributed by atoms with Crippen LogP contribution in [0.3, 0.4) is 0 Å². The van der Waals surface area contributed by atoms with Gasteiger partial charge in [0, 0.05) is 20.1 Å². The van der Waals surface area contributed by atoms with E-state index in [1.807, 2.05) is 6.92 Å². The molecule has 0 aromatic heterocycles. The first-order chi connectivity index (χ1) is 8.05. The molecule has 1 fully saturated rings. The zero-order valence-electron chi connectivity index (χ0n) is 10.8. The molecular formula is C12H23N3O2. The van der Waals surface area contributed by atoms with E-state index in [4.69, 9.17) is 5.73 Å². The fourth-order valence-corrected chi connectivity index (χ4v) is 2.12. The van der Waals surface area contributed by atoms with Crippen LogP contribution in [0.15, 0.2) is 0 Å². The summed E-state index contributed by atoms with van der Waals surface area (Å²) in [5.74, 6) is -0.0907. The number of likely N-dealkylation sites (N-methyl/N-ethyl adjacent to an activating group) is 1. The molecule has 98 valence electrons. The van der Waals surface area contributed by atoms with Crippen LogP contribution in [0, 0.1) is 5.41 Å². The molecule has 1 aliphatic carbocycles. The van der Waals surface area contributed by atoms with Crippen LogP contribution in [0.4, 0.5) is 0 Å². The van der Waals surface area contributed by atoms with Crippen molar-refractivity contribution in [2.24, 2.45) is 11.1 Å². The zero-order chi connectivity index (χ0) is 12.9. The number of carbonyl (C=O) groups is 2. The van der Waals surface area contributed by atoms with Gasteiger partial charge in [0.2, 0.25) is 11.8 Å². The Bertz CT molecular complexity index is 282. The summed E-state index contributed by atoms with van der Waals surface area (Å²) in [6.45, 7) is 3.16. The number of carbonyl (C=O) groups excluding carboxylic acids is 2. The molecule has 5 nitrogen and oxygen atoms in total. The van der Waals surface area contributed by atoms with E-state index < -0.39 is 0 Å². The van der Waals surface area contributed by atoms with Crippen molar-refractivity contribution >= 4 is 11.8 Å². The van der Waals surface area contributed by atoms with Crippen LogP contribution in [0.2, 0.25) is 0 Å². The molecule has 1 rings (SSSR count). The molecule has 17 heavy (non-hydrogen) atoms. The molecule has 0 aromatic rings. The predicted octanol–water partition coefficient (Wildman–Crippen LogP) is 0.100. The molecule has 0 bridgehead atoms. The number of amides is 2. The van der Waals surface area contributed by atoms with E-state index in [9.17, 15) is 9.59 Å². The van der Waals surface area contributed by atoms with Gasteiger partial charge in [0.1, 0.15) is 0 Å². The normalized spacial score (nSPS) is 17.1. The molecule has 1 saturated carbocycles. The van der Waals surface area contributed by atoms with Crippen LogP contribution in [0.5, 0.6) is 0 Å². The summed E-state index contributed by atoms with van der Waals surface area (Å²) in [7, 11) is 1.67. The number of rotatable bonds is 6. The van der Waals surface area contributed by atoms with Crippen molar-refractivity contribution in [3.63, 3.8) is 0 Å². The predicted molar refractivity (Wildman–Crippen MR) is 66.3 cm³/mol. The second-order valence-corrected chi connectivity index (χ2v) is 4.85. The molecule has 0 radical (unpaired) electrons. The Hall–Kier alpha value is -1.10. The maximum Gasteiger partial charge on any atom is 0.239 e. The summed E-state index contributed by atoms with van der Waals surface area (Å²) in [5.41, 5.74) is 5.28. The molecule has 0 unspecified atom stereocenters. The fourth-order valence-electron chi connectivity index (χ4n) is 2.12. The lowest BCUT2D eigenvalue weighted by Gasteiger charge is -2.41. The highest BCUT2D eigenvalue weighted by molar-refractivity contribution is 5.88. The van der Waals surface area contributed by atoms with Crippen molar-refractivity contribution in [1.29, 1.82) is 0 Å². The van der Waals surface area contributed by atoms with E-state index in [1.54, 1.807) is 7.05 Å². The summed E-state index contributed by atoms with van der Waals surface area (Å²) in [5, 5.41) is 2.76. The van der Waals surface area contributed by atoms with Gasteiger partial charge in [-0.05, 0) is 19.3 Å². The highest BCUT2D eigenvalue weighted by Gasteiger charge is 2.44. The van der Waals surface area contributed by atoms with Gasteiger partial charge in [-0.3, -0.25) is 9.59 Å². The molecule has 0 spiro atoms. The van der Waals surface area contributed by atoms with Gasteiger partial charge in [-0.25, -0.2) is 0 Å². The first-order valence-electron chi connectivity index (χ1n) is 6.28. The molecule has 0 aromatic carbocycles. The maximum absolute atomic E-state index is 12.2. The molecule has 0 saturated heterocycles. The van der Waals surface area contributed by atoms with Crippen LogP contribution < -0.4 is 11.1 Å². The Morgan fingerprint density at radius 1 is 1.41 bits per heavy atom. The number of nitrogens with zero attached hydrogens (tertiary/aromatic N) is 1. The summed E-state index contributed by atoms with van der Waals surface area (Å²) in [6.07, 6.45) is 3.65. The van der Waals surface area contributed by atoms with Crippen LogP contribution in [-0.4, -0.2) is 43.4 Å². The van der Waals surface area contributed by atoms with E-state index >= 15 is 0 Å². The second-order valence-electron chi connectivity index (χ2n) is 4.85. The quantitative estimate of drug-likeness (QED) is 0.692. The van der Waals surface area contributed by atoms with Gasteiger partial charge in [0.05, 0.1) is 12.0 Å². The van der Waals surface area contributed by atoms with E-state index in [-0.39, 0.29) is 23.8 Å². The van der Waals surface area contributed by atoms with Gasteiger partial charge in [0.15, 0.2) is 0 Å². The van der Waals surface area contributed by atoms with E-state index in [2.05, 4.69) is 5.32 Å². The minimum absolute atomic E-state index is 0.0119. The average Bonchev–Trinajstić information content (AvgIpc) is 2.25. The third-order valence-corrected chi connectivity index (χ3v) is 3.45. The van der Waals surface area contributed by atoms with Gasteiger partial charge in [-0.2, -0.15) is 0 Å². The second kappa shape index (κ2) is 6.00. The minimum Gasteiger partial charge on any atom is -0.355 e. The highest BCUT2D eigenvalue weighted by atomic mass is 16.2. The molecule has 1 aliphatic rings. The third kappa shape index (κ3) is 3.19. The van der Waals surface area contributed by atoms with Crippen LogP contribution >= 0.6 is 0 Å². The van der Waals surface area contributed by atoms with E-state index in [1.165, 1.54) is 4.90 Å². The van der Waals surface area contributed by atoms with Crippen LogP contribution in [0.25, 0.3) is 0 Å². The fraction of sp³-hybridized carbons (Fsp3) is 0.833. The zero-order valence-corrected chi connectivity index (χ0v) is 10.8. The van der Waals surface area contributed by atoms with Crippen molar-refractivity contribution < 1.29 is 9.59 Å². The minimum atomic E-state index is -0.389. The van der Waals surface area contributed by atoms with Gasteiger partial charge in [-0.15, -0.1) is 0 Å². The van der Waals surface area contributed by atoms with Gasteiger partial charge in [0.25, 0.3) is 0 Å². The summed E-state index contributed by atoms with van der Waals surface area (Å²) in [4.78, 5) is 25.2. The number of hydrogen-bond acceptors (Lipinski definition) is 3. The monoisotopic (exact) mass is 241 g/mol. The molecule has 5 heteroatoms. The van der Waals surface area contributed by atoms with Crippen LogP contribution in [0.1, 0.15) is 32.6 Å². The van der Waals surface area contributed by atoms with Crippen molar-refractivity contribution in [3.8, 4) is 0 Å². The molecule has 0 heterocycles. The summed E-state index contributed by atoms with van der Waals surface area (Å²) in [6, 6.07) is 0. The number of nitrogens with one attached hydrogen (secondary N) is 1. The van der Waals surface area contributed by atoms with Crippen molar-refractivity contribution in [3.05, 3.63) is 0 Å². The SMILES string of the molecule is CCCNC(=O)CN(C)C(=O)C1(CN)CCC1.